The van der Waals surface area contributed by atoms with Gasteiger partial charge in [-0.2, -0.15) is 0 Å². The average molecular weight is 386 g/mol. The summed E-state index contributed by atoms with van der Waals surface area (Å²) < 4.78 is 24.4. The first kappa shape index (κ1) is 20.9. The van der Waals surface area contributed by atoms with Gasteiger partial charge in [0.1, 0.15) is 5.82 Å². The molecule has 0 amide bonds. The summed E-state index contributed by atoms with van der Waals surface area (Å²) in [5.74, 6) is 0.358. The second-order valence-corrected chi connectivity index (χ2v) is 7.71. The van der Waals surface area contributed by atoms with E-state index in [9.17, 15) is 4.39 Å². The van der Waals surface area contributed by atoms with Crippen LogP contribution >= 0.6 is 11.6 Å². The van der Waals surface area contributed by atoms with Crippen LogP contribution in [-0.4, -0.2) is 51.5 Å². The molecule has 1 fully saturated rings. The summed E-state index contributed by atoms with van der Waals surface area (Å²) in [5, 5.41) is 7.06. The van der Waals surface area contributed by atoms with Gasteiger partial charge in [0.15, 0.2) is 5.96 Å². The Labute approximate surface area is 160 Å². The Morgan fingerprint density at radius 2 is 2.27 bits per heavy atom. The fourth-order valence-corrected chi connectivity index (χ4v) is 3.26. The quantitative estimate of drug-likeness (QED) is 0.559. The number of nitrogens with zero attached hydrogens (tertiary/aromatic N) is 1. The molecule has 1 aliphatic heterocycles. The van der Waals surface area contributed by atoms with E-state index < -0.39 is 0 Å². The molecule has 2 atom stereocenters. The van der Waals surface area contributed by atoms with Crippen molar-refractivity contribution in [3.63, 3.8) is 0 Å². The third kappa shape index (κ3) is 6.11. The highest BCUT2D eigenvalue weighted by Gasteiger charge is 2.24. The van der Waals surface area contributed by atoms with Gasteiger partial charge in [0.25, 0.3) is 0 Å². The molecule has 146 valence electrons. The zero-order chi connectivity index (χ0) is 19.2. The molecule has 0 radical (unpaired) electrons. The average Bonchev–Trinajstić information content (AvgIpc) is 3.10. The molecule has 26 heavy (non-hydrogen) atoms. The molecule has 7 heteroatoms. The summed E-state index contributed by atoms with van der Waals surface area (Å²) in [6, 6.07) is 4.62. The molecule has 1 heterocycles. The van der Waals surface area contributed by atoms with E-state index in [2.05, 4.69) is 29.5 Å². The Kier molecular flexibility index (Phi) is 7.68. The summed E-state index contributed by atoms with van der Waals surface area (Å²) in [6.45, 7) is 8.79. The number of hydrogen-bond acceptors (Lipinski definition) is 3. The molecule has 1 aliphatic rings. The number of hydrogen-bond donors (Lipinski definition) is 2. The van der Waals surface area contributed by atoms with Crippen molar-refractivity contribution in [3.05, 3.63) is 34.6 Å². The molecule has 1 aromatic carbocycles. The maximum Gasteiger partial charge on any atom is 0.191 e. The number of rotatable bonds is 7. The first-order valence-electron chi connectivity index (χ1n) is 8.94. The second-order valence-electron chi connectivity index (χ2n) is 7.30. The topological polar surface area (TPSA) is 54.9 Å². The van der Waals surface area contributed by atoms with Gasteiger partial charge in [-0.25, -0.2) is 4.39 Å². The van der Waals surface area contributed by atoms with Crippen LogP contribution in [0.5, 0.6) is 0 Å². The maximum absolute atomic E-state index is 13.3. The van der Waals surface area contributed by atoms with Crippen molar-refractivity contribution in [2.24, 2.45) is 4.99 Å². The van der Waals surface area contributed by atoms with Gasteiger partial charge in [-0.3, -0.25) is 4.99 Å². The molecule has 0 aliphatic carbocycles. The van der Waals surface area contributed by atoms with Crippen LogP contribution in [0.1, 0.15) is 32.8 Å². The van der Waals surface area contributed by atoms with Gasteiger partial charge < -0.3 is 20.1 Å². The summed E-state index contributed by atoms with van der Waals surface area (Å²) in [7, 11) is 1.73. The zero-order valence-electron chi connectivity index (χ0n) is 15.9. The molecular weight excluding hydrogens is 357 g/mol. The lowest BCUT2D eigenvalue weighted by molar-refractivity contribution is 0.0347. The largest absolute Gasteiger partial charge is 0.379 e. The predicted molar refractivity (Wildman–Crippen MR) is 104 cm³/mol. The van der Waals surface area contributed by atoms with Crippen LogP contribution in [0.4, 0.5) is 4.39 Å². The number of guanidine groups is 1. The highest BCUT2D eigenvalue weighted by atomic mass is 35.5. The number of aliphatic imine (C=N–C) groups is 1. The highest BCUT2D eigenvalue weighted by Crippen LogP contribution is 2.29. The Morgan fingerprint density at radius 1 is 1.50 bits per heavy atom. The minimum Gasteiger partial charge on any atom is -0.379 e. The van der Waals surface area contributed by atoms with Gasteiger partial charge in [0.05, 0.1) is 19.3 Å². The molecular formula is C19H29ClFN3O2. The van der Waals surface area contributed by atoms with Gasteiger partial charge in [-0.1, -0.05) is 31.5 Å². The van der Waals surface area contributed by atoms with Crippen LogP contribution in [0.25, 0.3) is 0 Å². The molecule has 2 unspecified atom stereocenters. The standard InChI is InChI=1S/C19H29ClFN3O2/c1-13(10-26-15-7-8-25-11-15)24-18(22-4)23-12-19(2,3)16-6-5-14(21)9-17(16)20/h5-6,9,13,15H,7-8,10-12H2,1-4H3,(H2,22,23,24). The molecule has 0 bridgehead atoms. The third-order valence-corrected chi connectivity index (χ3v) is 4.75. The van der Waals surface area contributed by atoms with E-state index in [0.29, 0.717) is 30.7 Å². The van der Waals surface area contributed by atoms with Crippen LogP contribution in [0.15, 0.2) is 23.2 Å². The summed E-state index contributed by atoms with van der Waals surface area (Å²) in [5.41, 5.74) is 0.602. The van der Waals surface area contributed by atoms with Gasteiger partial charge >= 0.3 is 0 Å². The van der Waals surface area contributed by atoms with E-state index in [-0.39, 0.29) is 23.4 Å². The maximum atomic E-state index is 13.3. The summed E-state index contributed by atoms with van der Waals surface area (Å²) in [4.78, 5) is 4.26. The lowest BCUT2D eigenvalue weighted by Gasteiger charge is -2.28. The highest BCUT2D eigenvalue weighted by molar-refractivity contribution is 6.31. The minimum absolute atomic E-state index is 0.110. The Hall–Kier alpha value is -1.37. The second kappa shape index (κ2) is 9.53. The first-order chi connectivity index (χ1) is 12.3. The zero-order valence-corrected chi connectivity index (χ0v) is 16.7. The third-order valence-electron chi connectivity index (χ3n) is 4.43. The van der Waals surface area contributed by atoms with Crippen molar-refractivity contribution >= 4 is 17.6 Å². The first-order valence-corrected chi connectivity index (χ1v) is 9.31. The monoisotopic (exact) mass is 385 g/mol. The van der Waals surface area contributed by atoms with Crippen molar-refractivity contribution < 1.29 is 13.9 Å². The number of ether oxygens (including phenoxy) is 2. The van der Waals surface area contributed by atoms with Gasteiger partial charge in [0.2, 0.25) is 0 Å². The van der Waals surface area contributed by atoms with Crippen LogP contribution in [0.2, 0.25) is 5.02 Å². The van der Waals surface area contributed by atoms with E-state index in [0.717, 1.165) is 18.6 Å². The van der Waals surface area contributed by atoms with Gasteiger partial charge in [0, 0.05) is 36.7 Å². The smallest absolute Gasteiger partial charge is 0.191 e. The van der Waals surface area contributed by atoms with E-state index in [1.807, 2.05) is 6.92 Å². The Bertz CT molecular complexity index is 619. The molecule has 2 rings (SSSR count). The molecule has 2 N–H and O–H groups in total. The molecule has 0 spiro atoms. The fraction of sp³-hybridized carbons (Fsp3) is 0.632. The molecule has 0 saturated carbocycles. The normalized spacial score (nSPS) is 19.5. The SMILES string of the molecule is CN=C(NCC(C)(C)c1ccc(F)cc1Cl)NC(C)COC1CCOC1. The van der Waals surface area contributed by atoms with E-state index in [1.54, 1.807) is 13.1 Å². The van der Waals surface area contributed by atoms with Crippen molar-refractivity contribution in [2.45, 2.75) is 44.8 Å². The van der Waals surface area contributed by atoms with Gasteiger partial charge in [-0.15, -0.1) is 0 Å². The van der Waals surface area contributed by atoms with Crippen LogP contribution < -0.4 is 10.6 Å². The van der Waals surface area contributed by atoms with Crippen molar-refractivity contribution in [1.29, 1.82) is 0 Å². The van der Waals surface area contributed by atoms with E-state index >= 15 is 0 Å². The minimum atomic E-state index is -0.332. The van der Waals surface area contributed by atoms with Gasteiger partial charge in [-0.05, 0) is 31.0 Å². The fourth-order valence-electron chi connectivity index (χ4n) is 2.83. The van der Waals surface area contributed by atoms with E-state index in [1.165, 1.54) is 12.1 Å². The lowest BCUT2D eigenvalue weighted by atomic mass is 9.84. The molecule has 5 nitrogen and oxygen atoms in total. The van der Waals surface area contributed by atoms with E-state index in [4.69, 9.17) is 21.1 Å². The number of benzene rings is 1. The summed E-state index contributed by atoms with van der Waals surface area (Å²) >= 11 is 6.21. The van der Waals surface area contributed by atoms with Crippen molar-refractivity contribution in [2.75, 3.05) is 33.4 Å². The molecule has 0 aromatic heterocycles. The predicted octanol–water partition coefficient (Wildman–Crippen LogP) is 3.12. The van der Waals surface area contributed by atoms with Crippen molar-refractivity contribution in [3.8, 4) is 0 Å². The van der Waals surface area contributed by atoms with Crippen molar-refractivity contribution in [1.82, 2.24) is 10.6 Å². The van der Waals surface area contributed by atoms with Crippen LogP contribution in [0.3, 0.4) is 0 Å². The Morgan fingerprint density at radius 3 is 2.88 bits per heavy atom. The van der Waals surface area contributed by atoms with Crippen LogP contribution in [-0.2, 0) is 14.9 Å². The Balaban J connectivity index is 1.84. The summed E-state index contributed by atoms with van der Waals surface area (Å²) in [6.07, 6.45) is 1.14. The number of halogens is 2. The van der Waals surface area contributed by atoms with Crippen LogP contribution in [0, 0.1) is 5.82 Å². The molecule has 1 aromatic rings. The molecule has 1 saturated heterocycles. The number of nitrogens with one attached hydrogen (secondary N) is 2. The lowest BCUT2D eigenvalue weighted by Crippen LogP contribution is -2.47.